The number of halogens is 3. The average Bonchev–Trinajstić information content (AvgIpc) is 3.15. The van der Waals surface area contributed by atoms with Crippen LogP contribution in [0.3, 0.4) is 0 Å². The van der Waals surface area contributed by atoms with Gasteiger partial charge in [-0.15, -0.1) is 0 Å². The fourth-order valence-corrected chi connectivity index (χ4v) is 5.43. The summed E-state index contributed by atoms with van der Waals surface area (Å²) < 4.78 is 48.7. The van der Waals surface area contributed by atoms with Crippen LogP contribution in [0.15, 0.2) is 41.5 Å². The third-order valence-electron chi connectivity index (χ3n) is 5.46. The number of carbonyl (C=O) groups is 1. The lowest BCUT2D eigenvalue weighted by Gasteiger charge is -2.45. The van der Waals surface area contributed by atoms with Crippen LogP contribution in [0, 0.1) is 33.5 Å². The summed E-state index contributed by atoms with van der Waals surface area (Å²) in [6.07, 6.45) is -0.0262. The smallest absolute Gasteiger partial charge is 0.341 e. The van der Waals surface area contributed by atoms with Crippen LogP contribution in [0.2, 0.25) is 0 Å². The quantitative estimate of drug-likeness (QED) is 0.487. The van der Waals surface area contributed by atoms with Crippen molar-refractivity contribution in [3.05, 3.63) is 75.1 Å². The zero-order chi connectivity index (χ0) is 23.9. The van der Waals surface area contributed by atoms with Gasteiger partial charge in [-0.05, 0) is 36.4 Å². The molecule has 33 heavy (non-hydrogen) atoms. The molecule has 0 fully saturated rings. The van der Waals surface area contributed by atoms with E-state index in [1.54, 1.807) is 0 Å². The minimum Gasteiger partial charge on any atom is -0.493 e. The lowest BCUT2D eigenvalue weighted by Crippen LogP contribution is -2.53. The molecule has 2 unspecified atom stereocenters. The highest BCUT2D eigenvalue weighted by molar-refractivity contribution is 8.15. The second-order valence-corrected chi connectivity index (χ2v) is 9.02. The Morgan fingerprint density at radius 1 is 1.27 bits per heavy atom. The lowest BCUT2D eigenvalue weighted by atomic mass is 9.86. The van der Waals surface area contributed by atoms with Crippen LogP contribution >= 0.6 is 11.8 Å². The van der Waals surface area contributed by atoms with Gasteiger partial charge >= 0.3 is 6.03 Å². The normalized spacial score (nSPS) is 21.4. The van der Waals surface area contributed by atoms with Crippen molar-refractivity contribution in [3.8, 4) is 5.75 Å². The Labute approximate surface area is 191 Å². The van der Waals surface area contributed by atoms with Gasteiger partial charge in [-0.3, -0.25) is 10.1 Å². The number of hydrazone groups is 1. The van der Waals surface area contributed by atoms with Crippen LogP contribution in [0.1, 0.15) is 17.5 Å². The highest BCUT2D eigenvalue weighted by Crippen LogP contribution is 2.57. The number of fused-ring (bicyclic) bond motifs is 2. The molecule has 1 spiro atoms. The molecular weight excluding hydrogens is 461 g/mol. The zero-order valence-electron chi connectivity index (χ0n) is 17.6. The Bertz CT molecular complexity index is 1160. The van der Waals surface area contributed by atoms with Gasteiger partial charge in [0, 0.05) is 42.5 Å². The van der Waals surface area contributed by atoms with E-state index in [1.165, 1.54) is 37.2 Å². The van der Waals surface area contributed by atoms with Crippen molar-refractivity contribution in [2.45, 2.75) is 11.3 Å². The molecule has 2 amide bonds. The third-order valence-corrected chi connectivity index (χ3v) is 6.99. The van der Waals surface area contributed by atoms with Gasteiger partial charge in [0.25, 0.3) is 0 Å². The molecule has 0 aromatic heterocycles. The average molecular weight is 480 g/mol. The predicted octanol–water partition coefficient (Wildman–Crippen LogP) is 4.02. The second kappa shape index (κ2) is 8.58. The Hall–Kier alpha value is -3.28. The van der Waals surface area contributed by atoms with Crippen LogP contribution in [0.25, 0.3) is 0 Å². The van der Waals surface area contributed by atoms with Crippen LogP contribution in [0.4, 0.5) is 18.0 Å². The van der Waals surface area contributed by atoms with E-state index in [0.717, 1.165) is 35.0 Å². The number of amides is 2. The molecular formula is C21H19F3N4O4S. The first-order valence-corrected chi connectivity index (χ1v) is 10.7. The van der Waals surface area contributed by atoms with E-state index in [4.69, 9.17) is 4.74 Å². The Morgan fingerprint density at radius 3 is 2.67 bits per heavy atom. The number of nitro groups is 1. The number of thioether (sulfide) groups is 1. The topological polar surface area (TPSA) is 88.3 Å². The van der Waals surface area contributed by atoms with Crippen molar-refractivity contribution in [2.75, 3.05) is 27.2 Å². The first-order chi connectivity index (χ1) is 15.6. The largest absolute Gasteiger partial charge is 0.493 e. The number of carbonyl (C=O) groups excluding carboxylic acids is 1. The standard InChI is InChI=1S/C21H19F3N4O4S/c1-26(2)20(29)28-21(33-19(25-28)15-9-13(22)3-5-17(15)24)12(7-8-27(30)31)11-32-18-6-4-14(23)10-16(18)21/h3-6,9-10,12H,7-8,11H2,1-2H3. The second-order valence-electron chi connectivity index (χ2n) is 7.81. The summed E-state index contributed by atoms with van der Waals surface area (Å²) in [6.45, 7) is -0.459. The molecule has 2 aromatic rings. The molecule has 0 bridgehead atoms. The van der Waals surface area contributed by atoms with Gasteiger partial charge < -0.3 is 9.64 Å². The monoisotopic (exact) mass is 480 g/mol. The van der Waals surface area contributed by atoms with Crippen molar-refractivity contribution in [3.63, 3.8) is 0 Å². The maximum atomic E-state index is 14.6. The van der Waals surface area contributed by atoms with Gasteiger partial charge in [0.2, 0.25) is 6.54 Å². The van der Waals surface area contributed by atoms with E-state index in [0.29, 0.717) is 0 Å². The fourth-order valence-electron chi connectivity index (χ4n) is 3.92. The Kier molecular flexibility index (Phi) is 5.95. The van der Waals surface area contributed by atoms with E-state index < -0.39 is 45.7 Å². The molecule has 2 aliphatic rings. The lowest BCUT2D eigenvalue weighted by molar-refractivity contribution is -0.482. The molecule has 0 saturated carbocycles. The molecule has 8 nitrogen and oxygen atoms in total. The van der Waals surface area contributed by atoms with Gasteiger partial charge in [0.15, 0.2) is 4.87 Å². The minimum atomic E-state index is -1.47. The summed E-state index contributed by atoms with van der Waals surface area (Å²) in [4.78, 5) is 23.6. The van der Waals surface area contributed by atoms with E-state index in [2.05, 4.69) is 5.10 Å². The number of urea groups is 1. The number of hydrogen-bond acceptors (Lipinski definition) is 6. The van der Waals surface area contributed by atoms with Gasteiger partial charge in [0.05, 0.1) is 6.61 Å². The molecule has 2 aromatic carbocycles. The number of nitrogens with zero attached hydrogens (tertiary/aromatic N) is 4. The molecule has 4 rings (SSSR count). The maximum absolute atomic E-state index is 14.6. The fraction of sp³-hybridized carbons (Fsp3) is 0.333. The van der Waals surface area contributed by atoms with E-state index in [9.17, 15) is 28.1 Å². The predicted molar refractivity (Wildman–Crippen MR) is 115 cm³/mol. The number of ether oxygens (including phenoxy) is 1. The van der Waals surface area contributed by atoms with E-state index in [1.807, 2.05) is 0 Å². The van der Waals surface area contributed by atoms with Crippen LogP contribution in [-0.4, -0.2) is 53.2 Å². The molecule has 0 radical (unpaired) electrons. The highest BCUT2D eigenvalue weighted by atomic mass is 32.2. The summed E-state index contributed by atoms with van der Waals surface area (Å²) in [6, 6.07) is 6.01. The highest BCUT2D eigenvalue weighted by Gasteiger charge is 2.58. The summed E-state index contributed by atoms with van der Waals surface area (Å²) >= 11 is 0.927. The number of hydrogen-bond donors (Lipinski definition) is 0. The van der Waals surface area contributed by atoms with Crippen molar-refractivity contribution >= 4 is 22.8 Å². The van der Waals surface area contributed by atoms with Crippen LogP contribution in [-0.2, 0) is 4.87 Å². The molecule has 2 aliphatic heterocycles. The molecule has 0 aliphatic carbocycles. The Balaban J connectivity index is 1.93. The van der Waals surface area contributed by atoms with Crippen molar-refractivity contribution < 1.29 is 27.6 Å². The molecule has 0 N–H and O–H groups in total. The summed E-state index contributed by atoms with van der Waals surface area (Å²) in [5.41, 5.74) is 0.0590. The summed E-state index contributed by atoms with van der Waals surface area (Å²) in [5, 5.41) is 16.5. The first kappa shape index (κ1) is 22.9. The number of benzene rings is 2. The Morgan fingerprint density at radius 2 is 1.97 bits per heavy atom. The SMILES string of the molecule is CN(C)C(=O)N1N=C(c2cc(F)ccc2F)SC12c1cc(F)ccc1OCC2CC[N+](=O)[O-]. The minimum absolute atomic E-state index is 0.00888. The maximum Gasteiger partial charge on any atom is 0.341 e. The van der Waals surface area contributed by atoms with Gasteiger partial charge in [-0.25, -0.2) is 18.0 Å². The van der Waals surface area contributed by atoms with Gasteiger partial charge in [-0.1, -0.05) is 11.8 Å². The van der Waals surface area contributed by atoms with Crippen molar-refractivity contribution in [1.29, 1.82) is 0 Å². The number of rotatable bonds is 4. The third kappa shape index (κ3) is 3.99. The van der Waals surface area contributed by atoms with E-state index >= 15 is 0 Å². The molecule has 2 heterocycles. The summed E-state index contributed by atoms with van der Waals surface area (Å²) in [7, 11) is 2.96. The van der Waals surface area contributed by atoms with Crippen molar-refractivity contribution in [1.82, 2.24) is 9.91 Å². The van der Waals surface area contributed by atoms with Crippen molar-refractivity contribution in [2.24, 2.45) is 11.0 Å². The zero-order valence-corrected chi connectivity index (χ0v) is 18.4. The molecule has 0 saturated heterocycles. The van der Waals surface area contributed by atoms with Gasteiger partial charge in [0.1, 0.15) is 28.2 Å². The first-order valence-electron chi connectivity index (χ1n) is 9.92. The van der Waals surface area contributed by atoms with Crippen LogP contribution < -0.4 is 4.74 Å². The van der Waals surface area contributed by atoms with Crippen LogP contribution in [0.5, 0.6) is 5.75 Å². The summed E-state index contributed by atoms with van der Waals surface area (Å²) in [5.74, 6) is -2.51. The molecule has 2 atom stereocenters. The molecule has 174 valence electrons. The van der Waals surface area contributed by atoms with Gasteiger partial charge in [-0.2, -0.15) is 10.1 Å². The van der Waals surface area contributed by atoms with E-state index in [-0.39, 0.29) is 34.9 Å². The molecule has 12 heteroatoms.